The highest BCUT2D eigenvalue weighted by molar-refractivity contribution is 5.94. The number of anilines is 1. The number of benzene rings is 1. The molecule has 7 nitrogen and oxygen atoms in total. The lowest BCUT2D eigenvalue weighted by molar-refractivity contribution is -0.171. The van der Waals surface area contributed by atoms with E-state index in [9.17, 15) is 9.90 Å². The molecule has 0 amide bonds. The number of rotatable bonds is 3. The van der Waals surface area contributed by atoms with Gasteiger partial charge in [0, 0.05) is 26.6 Å². The van der Waals surface area contributed by atoms with Crippen molar-refractivity contribution in [3.63, 3.8) is 0 Å². The van der Waals surface area contributed by atoms with Crippen LogP contribution in [-0.4, -0.2) is 58.6 Å². The molecule has 4 rings (SSSR count). The van der Waals surface area contributed by atoms with Crippen molar-refractivity contribution in [1.82, 2.24) is 9.55 Å². The molecule has 28 heavy (non-hydrogen) atoms. The van der Waals surface area contributed by atoms with E-state index in [1.165, 1.54) is 7.11 Å². The van der Waals surface area contributed by atoms with Gasteiger partial charge in [0.1, 0.15) is 0 Å². The number of aliphatic hydroxyl groups is 1. The fraction of sp³-hybridized carbons (Fsp3) is 0.619. The summed E-state index contributed by atoms with van der Waals surface area (Å²) in [6, 6.07) is 5.46. The van der Waals surface area contributed by atoms with Crippen molar-refractivity contribution in [2.75, 3.05) is 25.1 Å². The Hall–Kier alpha value is -2.12. The second kappa shape index (κ2) is 7.37. The van der Waals surface area contributed by atoms with Crippen LogP contribution in [0.5, 0.6) is 0 Å². The molecular weight excluding hydrogens is 358 g/mol. The Morgan fingerprint density at radius 1 is 1.39 bits per heavy atom. The number of fused-ring (bicyclic) bond motifs is 1. The van der Waals surface area contributed by atoms with Crippen LogP contribution in [0, 0.1) is 0 Å². The highest BCUT2D eigenvalue weighted by atomic mass is 16.5. The van der Waals surface area contributed by atoms with Gasteiger partial charge in [0.2, 0.25) is 5.95 Å². The average molecular weight is 387 g/mol. The molecule has 1 spiro atoms. The topological polar surface area (TPSA) is 76.8 Å². The summed E-state index contributed by atoms with van der Waals surface area (Å²) in [5.74, 6) is 0.544. The van der Waals surface area contributed by atoms with Crippen LogP contribution in [-0.2, 0) is 16.5 Å². The second-order valence-electron chi connectivity index (χ2n) is 8.08. The lowest BCUT2D eigenvalue weighted by atomic mass is 9.81. The molecule has 152 valence electrons. The van der Waals surface area contributed by atoms with Gasteiger partial charge in [0.15, 0.2) is 0 Å². The van der Waals surface area contributed by atoms with Crippen LogP contribution >= 0.6 is 0 Å². The summed E-state index contributed by atoms with van der Waals surface area (Å²) in [5.41, 5.74) is 2.07. The second-order valence-corrected chi connectivity index (χ2v) is 8.08. The number of methoxy groups -OCH3 is 1. The molecule has 3 heterocycles. The number of carbonyl (C=O) groups is 1. The first-order valence-electron chi connectivity index (χ1n) is 10.1. The standard InChI is InChI=1S/C21H29N3O4/c1-4-16-12-15(25)13-21(28-16)7-9-24(10-8-21)20-22-17-11-14(19(26)27-3)5-6-18(17)23(20)2/h5-6,11,15-16,25H,4,7-10,12-13H2,1-3H3/t15-,16+/m1/s1. The molecule has 0 saturated carbocycles. The molecule has 1 aromatic heterocycles. The SMILES string of the molecule is CC[C@H]1C[C@@H](O)CC2(CCN(c3nc4cc(C(=O)OC)ccc4n3C)CC2)O1. The maximum absolute atomic E-state index is 11.8. The highest BCUT2D eigenvalue weighted by Crippen LogP contribution is 2.39. The molecule has 2 aromatic rings. The van der Waals surface area contributed by atoms with E-state index in [1.807, 2.05) is 13.1 Å². The Morgan fingerprint density at radius 2 is 2.14 bits per heavy atom. The lowest BCUT2D eigenvalue weighted by Gasteiger charge is -2.48. The van der Waals surface area contributed by atoms with Crippen LogP contribution < -0.4 is 4.90 Å². The van der Waals surface area contributed by atoms with Crippen LogP contribution in [0.25, 0.3) is 11.0 Å². The van der Waals surface area contributed by atoms with E-state index in [-0.39, 0.29) is 23.8 Å². The smallest absolute Gasteiger partial charge is 0.337 e. The number of hydrogen-bond acceptors (Lipinski definition) is 6. The van der Waals surface area contributed by atoms with E-state index in [2.05, 4.69) is 16.4 Å². The molecule has 2 aliphatic rings. The molecule has 2 fully saturated rings. The summed E-state index contributed by atoms with van der Waals surface area (Å²) in [6.45, 7) is 3.79. The van der Waals surface area contributed by atoms with Crippen molar-refractivity contribution in [2.24, 2.45) is 7.05 Å². The Morgan fingerprint density at radius 3 is 2.82 bits per heavy atom. The molecule has 0 aliphatic carbocycles. The number of aromatic nitrogens is 2. The number of nitrogens with zero attached hydrogens (tertiary/aromatic N) is 3. The molecule has 1 aromatic carbocycles. The third-order valence-electron chi connectivity index (χ3n) is 6.25. The number of aliphatic hydroxyl groups excluding tert-OH is 1. The van der Waals surface area contributed by atoms with Crippen LogP contribution in [0.2, 0.25) is 0 Å². The molecule has 0 radical (unpaired) electrons. The Kier molecular flexibility index (Phi) is 5.05. The zero-order valence-corrected chi connectivity index (χ0v) is 16.9. The number of hydrogen-bond donors (Lipinski definition) is 1. The Labute approximate surface area is 165 Å². The summed E-state index contributed by atoms with van der Waals surface area (Å²) >= 11 is 0. The van der Waals surface area contributed by atoms with Gasteiger partial charge in [-0.1, -0.05) is 6.92 Å². The number of aryl methyl sites for hydroxylation is 1. The number of piperidine rings is 1. The molecular formula is C21H29N3O4. The summed E-state index contributed by atoms with van der Waals surface area (Å²) in [6.07, 6.45) is 4.07. The van der Waals surface area contributed by atoms with Gasteiger partial charge in [-0.25, -0.2) is 9.78 Å². The van der Waals surface area contributed by atoms with E-state index in [4.69, 9.17) is 14.5 Å². The normalized spacial score (nSPS) is 24.6. The number of ether oxygens (including phenoxy) is 2. The van der Waals surface area contributed by atoms with E-state index in [0.29, 0.717) is 5.56 Å². The van der Waals surface area contributed by atoms with E-state index in [0.717, 1.165) is 62.2 Å². The van der Waals surface area contributed by atoms with Crippen molar-refractivity contribution in [3.05, 3.63) is 23.8 Å². The summed E-state index contributed by atoms with van der Waals surface area (Å²) in [5, 5.41) is 10.3. The third-order valence-corrected chi connectivity index (χ3v) is 6.25. The molecule has 7 heteroatoms. The van der Waals surface area contributed by atoms with Crippen LogP contribution in [0.3, 0.4) is 0 Å². The minimum atomic E-state index is -0.354. The summed E-state index contributed by atoms with van der Waals surface area (Å²) in [7, 11) is 3.38. The fourth-order valence-corrected chi connectivity index (χ4v) is 4.67. The number of imidazole rings is 1. The Balaban J connectivity index is 1.54. The van der Waals surface area contributed by atoms with Crippen molar-refractivity contribution in [2.45, 2.75) is 56.8 Å². The van der Waals surface area contributed by atoms with Crippen molar-refractivity contribution in [1.29, 1.82) is 0 Å². The molecule has 2 aliphatic heterocycles. The molecule has 0 bridgehead atoms. The predicted octanol–water partition coefficient (Wildman–Crippen LogP) is 2.65. The quantitative estimate of drug-likeness (QED) is 0.816. The highest BCUT2D eigenvalue weighted by Gasteiger charge is 2.43. The first kappa shape index (κ1) is 19.2. The van der Waals surface area contributed by atoms with E-state index in [1.54, 1.807) is 12.1 Å². The number of esters is 1. The summed E-state index contributed by atoms with van der Waals surface area (Å²) in [4.78, 5) is 18.9. The molecule has 1 N–H and O–H groups in total. The zero-order valence-electron chi connectivity index (χ0n) is 16.9. The van der Waals surface area contributed by atoms with Gasteiger partial charge >= 0.3 is 5.97 Å². The largest absolute Gasteiger partial charge is 0.465 e. The van der Waals surface area contributed by atoms with Crippen molar-refractivity contribution in [3.8, 4) is 0 Å². The maximum Gasteiger partial charge on any atom is 0.337 e. The van der Waals surface area contributed by atoms with E-state index < -0.39 is 0 Å². The fourth-order valence-electron chi connectivity index (χ4n) is 4.67. The third kappa shape index (κ3) is 3.37. The predicted molar refractivity (Wildman–Crippen MR) is 107 cm³/mol. The summed E-state index contributed by atoms with van der Waals surface area (Å²) < 4.78 is 13.3. The monoisotopic (exact) mass is 387 g/mol. The minimum absolute atomic E-state index is 0.155. The van der Waals surface area contributed by atoms with E-state index >= 15 is 0 Å². The van der Waals surface area contributed by atoms with Crippen molar-refractivity contribution < 1.29 is 19.4 Å². The first-order valence-corrected chi connectivity index (χ1v) is 10.1. The van der Waals surface area contributed by atoms with Gasteiger partial charge in [0.25, 0.3) is 0 Å². The van der Waals surface area contributed by atoms with Crippen LogP contribution in [0.4, 0.5) is 5.95 Å². The Bertz CT molecular complexity index is 870. The first-order chi connectivity index (χ1) is 13.4. The van der Waals surface area contributed by atoms with Gasteiger partial charge < -0.3 is 24.0 Å². The lowest BCUT2D eigenvalue weighted by Crippen LogP contribution is -2.53. The number of carbonyl (C=O) groups excluding carboxylic acids is 1. The van der Waals surface area contributed by atoms with Crippen LogP contribution in [0.1, 0.15) is 49.4 Å². The van der Waals surface area contributed by atoms with Gasteiger partial charge in [-0.2, -0.15) is 0 Å². The molecule has 2 saturated heterocycles. The van der Waals surface area contributed by atoms with Crippen molar-refractivity contribution >= 4 is 23.0 Å². The molecule has 2 atom stereocenters. The van der Waals surface area contributed by atoms with Gasteiger partial charge in [-0.3, -0.25) is 0 Å². The van der Waals surface area contributed by atoms with Gasteiger partial charge in [0.05, 0.1) is 41.5 Å². The maximum atomic E-state index is 11.8. The van der Waals surface area contributed by atoms with Gasteiger partial charge in [-0.05, 0) is 43.9 Å². The zero-order chi connectivity index (χ0) is 19.9. The average Bonchev–Trinajstić information content (AvgIpc) is 3.03. The van der Waals surface area contributed by atoms with Crippen LogP contribution in [0.15, 0.2) is 18.2 Å². The minimum Gasteiger partial charge on any atom is -0.465 e. The molecule has 0 unspecified atom stereocenters. The van der Waals surface area contributed by atoms with Gasteiger partial charge in [-0.15, -0.1) is 0 Å².